The molecule has 2 fully saturated rings. The third-order valence-corrected chi connectivity index (χ3v) is 11.9. The number of carbonyl (C=O) groups is 1. The van der Waals surface area contributed by atoms with E-state index >= 15 is 0 Å². The fourth-order valence-corrected chi connectivity index (χ4v) is 6.59. The largest absolute Gasteiger partial charge is 0.452 e. The molecule has 0 aromatic rings. The third-order valence-electron chi connectivity index (χ3n) is 7.37. The SMILES string of the molecule is CC1=C[C@H]([C@@]2(O[Si](C)(C)C(C)(C)C)CCC[C@H]3CCCC[C@@H]32)OC1=O. The van der Waals surface area contributed by atoms with Crippen LogP contribution >= 0.6 is 0 Å². The number of fused-ring (bicyclic) bond motifs is 1. The highest BCUT2D eigenvalue weighted by atomic mass is 28.4. The first-order valence-corrected chi connectivity index (χ1v) is 13.1. The van der Waals surface area contributed by atoms with Crippen molar-refractivity contribution in [1.82, 2.24) is 0 Å². The number of hydrogen-bond donors (Lipinski definition) is 0. The highest BCUT2D eigenvalue weighted by molar-refractivity contribution is 6.74. The second-order valence-corrected chi connectivity index (χ2v) is 14.8. The van der Waals surface area contributed by atoms with E-state index in [1.54, 1.807) is 0 Å². The van der Waals surface area contributed by atoms with E-state index in [2.05, 4.69) is 39.9 Å². The van der Waals surface area contributed by atoms with Crippen molar-refractivity contribution in [3.05, 3.63) is 11.6 Å². The van der Waals surface area contributed by atoms with Crippen molar-refractivity contribution in [2.75, 3.05) is 0 Å². The molecule has 4 atom stereocenters. The molecule has 1 heterocycles. The number of cyclic esters (lactones) is 1. The van der Waals surface area contributed by atoms with Gasteiger partial charge < -0.3 is 9.16 Å². The van der Waals surface area contributed by atoms with Crippen molar-refractivity contribution >= 4 is 14.3 Å². The molecule has 3 aliphatic rings. The van der Waals surface area contributed by atoms with Gasteiger partial charge in [0.1, 0.15) is 6.10 Å². The van der Waals surface area contributed by atoms with Gasteiger partial charge in [-0.05, 0) is 62.2 Å². The smallest absolute Gasteiger partial charge is 0.334 e. The van der Waals surface area contributed by atoms with Gasteiger partial charge in [-0.2, -0.15) is 0 Å². The number of ether oxygens (including phenoxy) is 1. The van der Waals surface area contributed by atoms with E-state index in [-0.39, 0.29) is 22.7 Å². The summed E-state index contributed by atoms with van der Waals surface area (Å²) in [6.45, 7) is 13.5. The number of hydrogen-bond acceptors (Lipinski definition) is 3. The molecule has 2 saturated carbocycles. The zero-order valence-electron chi connectivity index (χ0n) is 17.0. The second kappa shape index (κ2) is 6.52. The zero-order chi connectivity index (χ0) is 18.5. The Bertz CT molecular complexity index is 558. The van der Waals surface area contributed by atoms with Gasteiger partial charge in [0, 0.05) is 5.57 Å². The monoisotopic (exact) mass is 364 g/mol. The maximum absolute atomic E-state index is 12.2. The van der Waals surface area contributed by atoms with Crippen LogP contribution in [-0.4, -0.2) is 26.0 Å². The fourth-order valence-electron chi connectivity index (χ4n) is 4.97. The van der Waals surface area contributed by atoms with Gasteiger partial charge in [0.2, 0.25) is 0 Å². The summed E-state index contributed by atoms with van der Waals surface area (Å²) < 4.78 is 13.1. The normalized spacial score (nSPS) is 36.6. The quantitative estimate of drug-likeness (QED) is 0.482. The highest BCUT2D eigenvalue weighted by Crippen LogP contribution is 2.54. The Hall–Kier alpha value is -0.613. The maximum atomic E-state index is 12.2. The third kappa shape index (κ3) is 3.36. The van der Waals surface area contributed by atoms with E-state index in [9.17, 15) is 4.79 Å². The average Bonchev–Trinajstić information content (AvgIpc) is 2.86. The fraction of sp³-hybridized carbons (Fsp3) is 0.857. The van der Waals surface area contributed by atoms with E-state index in [0.717, 1.165) is 17.9 Å². The Morgan fingerprint density at radius 1 is 1.16 bits per heavy atom. The second-order valence-electron chi connectivity index (χ2n) is 10.0. The molecule has 3 rings (SSSR count). The Morgan fingerprint density at radius 3 is 2.40 bits per heavy atom. The van der Waals surface area contributed by atoms with Crippen LogP contribution in [0.2, 0.25) is 18.1 Å². The minimum absolute atomic E-state index is 0.152. The van der Waals surface area contributed by atoms with Crippen molar-refractivity contribution in [1.29, 1.82) is 0 Å². The predicted octanol–water partition coefficient (Wildman–Crippen LogP) is 5.61. The molecule has 0 spiro atoms. The van der Waals surface area contributed by atoms with Crippen LogP contribution < -0.4 is 0 Å². The molecule has 1 aliphatic heterocycles. The lowest BCUT2D eigenvalue weighted by atomic mass is 9.61. The summed E-state index contributed by atoms with van der Waals surface area (Å²) in [4.78, 5) is 12.2. The van der Waals surface area contributed by atoms with Crippen molar-refractivity contribution < 1.29 is 14.0 Å². The molecule has 0 bridgehead atoms. The first-order chi connectivity index (χ1) is 11.6. The Balaban J connectivity index is 2.01. The topological polar surface area (TPSA) is 35.5 Å². The van der Waals surface area contributed by atoms with E-state index < -0.39 is 8.32 Å². The molecule has 2 aliphatic carbocycles. The summed E-state index contributed by atoms with van der Waals surface area (Å²) in [5.74, 6) is 1.12. The molecule has 0 unspecified atom stereocenters. The van der Waals surface area contributed by atoms with Gasteiger partial charge in [-0.1, -0.05) is 46.5 Å². The van der Waals surface area contributed by atoms with E-state index in [1.165, 1.54) is 38.5 Å². The van der Waals surface area contributed by atoms with Crippen molar-refractivity contribution in [2.45, 2.75) is 102 Å². The van der Waals surface area contributed by atoms with Crippen LogP contribution in [0.3, 0.4) is 0 Å². The van der Waals surface area contributed by atoms with Crippen LogP contribution in [0.25, 0.3) is 0 Å². The Labute approximate surface area is 154 Å². The number of carbonyl (C=O) groups excluding carboxylic acids is 1. The summed E-state index contributed by atoms with van der Waals surface area (Å²) in [5.41, 5.74) is 0.445. The molecule has 0 aromatic heterocycles. The van der Waals surface area contributed by atoms with Crippen LogP contribution in [0.4, 0.5) is 0 Å². The van der Waals surface area contributed by atoms with E-state index in [0.29, 0.717) is 5.92 Å². The highest BCUT2D eigenvalue weighted by Gasteiger charge is 2.57. The Kier molecular flexibility index (Phi) is 5.00. The van der Waals surface area contributed by atoms with Gasteiger partial charge in [-0.3, -0.25) is 0 Å². The van der Waals surface area contributed by atoms with Crippen molar-refractivity contribution in [3.63, 3.8) is 0 Å². The molecule has 0 saturated heterocycles. The Morgan fingerprint density at radius 2 is 1.80 bits per heavy atom. The molecule has 0 amide bonds. The van der Waals surface area contributed by atoms with Gasteiger partial charge in [0.15, 0.2) is 8.32 Å². The maximum Gasteiger partial charge on any atom is 0.334 e. The lowest BCUT2D eigenvalue weighted by Gasteiger charge is -2.56. The summed E-state index contributed by atoms with van der Waals surface area (Å²) in [6, 6.07) is 0. The lowest BCUT2D eigenvalue weighted by molar-refractivity contribution is -0.166. The van der Waals surface area contributed by atoms with Crippen LogP contribution in [-0.2, 0) is 14.0 Å². The molecule has 4 heteroatoms. The van der Waals surface area contributed by atoms with Gasteiger partial charge >= 0.3 is 5.97 Å². The van der Waals surface area contributed by atoms with Gasteiger partial charge in [0.25, 0.3) is 0 Å². The molecule has 142 valence electrons. The molecular weight excluding hydrogens is 328 g/mol. The first kappa shape index (κ1) is 19.2. The molecule has 0 radical (unpaired) electrons. The van der Waals surface area contributed by atoms with Crippen LogP contribution in [0.15, 0.2) is 11.6 Å². The standard InChI is InChI=1S/C21H36O3Si/c1-15-14-18(23-19(15)22)21(24-25(5,6)20(2,3)4)13-9-11-16-10-7-8-12-17(16)21/h14,16-18H,7-13H2,1-6H3/t16-,17+,18-,21-/m1/s1. The summed E-state index contributed by atoms with van der Waals surface area (Å²) >= 11 is 0. The minimum atomic E-state index is -1.97. The average molecular weight is 365 g/mol. The molecule has 3 nitrogen and oxygen atoms in total. The van der Waals surface area contributed by atoms with Crippen molar-refractivity contribution in [2.24, 2.45) is 11.8 Å². The van der Waals surface area contributed by atoms with Gasteiger partial charge in [0.05, 0.1) is 5.60 Å². The summed E-state index contributed by atoms with van der Waals surface area (Å²) in [7, 11) is -1.97. The summed E-state index contributed by atoms with van der Waals surface area (Å²) in [6.07, 6.45) is 10.6. The van der Waals surface area contributed by atoms with Gasteiger partial charge in [-0.15, -0.1) is 0 Å². The molecule has 0 aromatic carbocycles. The van der Waals surface area contributed by atoms with Crippen LogP contribution in [0.5, 0.6) is 0 Å². The van der Waals surface area contributed by atoms with Crippen LogP contribution in [0.1, 0.15) is 72.6 Å². The van der Waals surface area contributed by atoms with E-state index in [4.69, 9.17) is 9.16 Å². The molecule has 0 N–H and O–H groups in total. The first-order valence-electron chi connectivity index (χ1n) is 10.2. The predicted molar refractivity (Wildman–Crippen MR) is 104 cm³/mol. The van der Waals surface area contributed by atoms with E-state index in [1.807, 2.05) is 6.92 Å². The van der Waals surface area contributed by atoms with Crippen LogP contribution in [0, 0.1) is 11.8 Å². The zero-order valence-corrected chi connectivity index (χ0v) is 18.0. The van der Waals surface area contributed by atoms with Gasteiger partial charge in [-0.25, -0.2) is 4.79 Å². The van der Waals surface area contributed by atoms with Crippen molar-refractivity contribution in [3.8, 4) is 0 Å². The number of esters is 1. The minimum Gasteiger partial charge on any atom is -0.452 e. The summed E-state index contributed by atoms with van der Waals surface area (Å²) in [5, 5.41) is 0.156. The molecule has 25 heavy (non-hydrogen) atoms. The lowest BCUT2D eigenvalue weighted by Crippen LogP contribution is -2.61. The number of rotatable bonds is 3. The molecular formula is C21H36O3Si.